The lowest BCUT2D eigenvalue weighted by molar-refractivity contribution is -0.143. The molecule has 4 aromatic heterocycles. The van der Waals surface area contributed by atoms with Gasteiger partial charge in [-0.1, -0.05) is 18.2 Å². The normalized spacial score (nSPS) is 11.4. The van der Waals surface area contributed by atoms with E-state index in [4.69, 9.17) is 40.0 Å². The van der Waals surface area contributed by atoms with Crippen molar-refractivity contribution in [1.29, 1.82) is 0 Å². The Kier molecular flexibility index (Phi) is 15.7. The molecule has 22 nitrogen and oxygen atoms in total. The van der Waals surface area contributed by atoms with Crippen molar-refractivity contribution < 1.29 is 52.4 Å². The minimum Gasteiger partial charge on any atom is -0.508 e. The zero-order valence-electron chi connectivity index (χ0n) is 39.7. The number of hydrogen-bond donors (Lipinski definition) is 6. The molecule has 0 atom stereocenters. The van der Waals surface area contributed by atoms with Crippen molar-refractivity contribution in [3.8, 4) is 39.8 Å². The maximum Gasteiger partial charge on any atom is 0.336 e. The maximum absolute atomic E-state index is 13.0. The Hall–Kier alpha value is -8.77. The maximum atomic E-state index is 13.0. The van der Waals surface area contributed by atoms with E-state index in [1.54, 1.807) is 78.6 Å². The molecule has 0 saturated heterocycles. The second kappa shape index (κ2) is 23.2. The molecule has 5 heterocycles. The van der Waals surface area contributed by atoms with E-state index >= 15 is 0 Å². The Labute approximate surface area is 425 Å². The summed E-state index contributed by atoms with van der Waals surface area (Å²) >= 11 is 5.45. The largest absolute Gasteiger partial charge is 0.508 e. The fourth-order valence-corrected chi connectivity index (χ4v) is 8.10. The smallest absolute Gasteiger partial charge is 0.336 e. The molecular weight excluding hydrogens is 977 g/mol. The van der Waals surface area contributed by atoms with Gasteiger partial charge in [-0.3, -0.25) is 19.6 Å². The number of carboxylic acid groups (broad SMARTS) is 1. The highest BCUT2D eigenvalue weighted by atomic mass is 32.1. The summed E-state index contributed by atoms with van der Waals surface area (Å²) in [5.74, 6) is -0.452. The van der Waals surface area contributed by atoms with Crippen LogP contribution in [-0.4, -0.2) is 115 Å². The number of carbonyl (C=O) groups is 3. The molecule has 0 spiro atoms. The number of phenols is 1. The lowest BCUT2D eigenvalue weighted by Gasteiger charge is -2.18. The molecule has 3 aromatic carbocycles. The van der Waals surface area contributed by atoms with E-state index < -0.39 is 18.0 Å². The summed E-state index contributed by atoms with van der Waals surface area (Å²) in [4.78, 5) is 59.2. The SMILES string of the molecule is Cn1cc2c(nc(NC(=O)Nc3ccc(CC(=O)OCCCOCCOCCOCCCNC(=S)Nc4ccc(-c5c6ccc(=O)cc-6oc6cc(O)ccc56)c(C(=O)O)c4)cc3)n3nc(-c4ccco4)nc23)n1. The number of benzene rings is 4. The average molecular weight is 1030 g/mol. The zero-order valence-corrected chi connectivity index (χ0v) is 40.5. The molecule has 9 rings (SSSR count). The topological polar surface area (TPSA) is 281 Å². The van der Waals surface area contributed by atoms with Crippen molar-refractivity contribution >= 4 is 80.3 Å². The number of esters is 1. The van der Waals surface area contributed by atoms with Gasteiger partial charge in [0.25, 0.3) is 0 Å². The number of amides is 2. The van der Waals surface area contributed by atoms with Crippen LogP contribution < -0.4 is 26.7 Å². The first kappa shape index (κ1) is 50.2. The standard InChI is InChI=1S/C51H48N10O12S/c1-60-29-39-45(58-60)56-49(61-47(39)55-46(59-61)40-5-2-19-71-40)57-50(67)53-31-8-6-30(7-9-31)25-43(64)72-20-4-18-69-22-24-70-23-21-68-17-3-16-52-51(74)54-32-10-13-35(38(26-32)48(65)66)44-36-14-11-33(62)27-41(36)73-42-28-34(63)12-15-37(42)44/h2,5-15,19,26-29,62H,3-4,16-18,20-25H2,1H3,(H,65,66)(H2,52,54,74)(H2,53,56,57,58,67). The lowest BCUT2D eigenvalue weighted by Crippen LogP contribution is -2.30. The Bertz CT molecular complexity index is 3500. The number of anilines is 3. The minimum absolute atomic E-state index is 0.00225. The van der Waals surface area contributed by atoms with E-state index in [-0.39, 0.29) is 41.5 Å². The van der Waals surface area contributed by atoms with Gasteiger partial charge in [-0.25, -0.2) is 14.6 Å². The van der Waals surface area contributed by atoms with Crippen LogP contribution in [0.5, 0.6) is 5.75 Å². The number of aromatic nitrogens is 6. The molecule has 1 aliphatic heterocycles. The summed E-state index contributed by atoms with van der Waals surface area (Å²) in [6.45, 7) is 3.07. The quantitative estimate of drug-likeness (QED) is 0.0171. The fourth-order valence-electron chi connectivity index (χ4n) is 7.88. The van der Waals surface area contributed by atoms with Crippen LogP contribution in [0.2, 0.25) is 0 Å². The van der Waals surface area contributed by atoms with Gasteiger partial charge in [0, 0.05) is 79.4 Å². The fraction of sp³-hybridized carbons (Fsp3) is 0.235. The van der Waals surface area contributed by atoms with Gasteiger partial charge in [0.2, 0.25) is 11.8 Å². The molecule has 0 fully saturated rings. The highest BCUT2D eigenvalue weighted by Crippen LogP contribution is 2.42. The minimum atomic E-state index is -1.17. The van der Waals surface area contributed by atoms with E-state index in [2.05, 4.69) is 41.4 Å². The van der Waals surface area contributed by atoms with Crippen LogP contribution in [0.4, 0.5) is 22.1 Å². The number of hydrogen-bond acceptors (Lipinski definition) is 16. The molecule has 380 valence electrons. The van der Waals surface area contributed by atoms with E-state index in [1.165, 1.54) is 41.1 Å². The van der Waals surface area contributed by atoms with E-state index in [0.29, 0.717) is 137 Å². The van der Waals surface area contributed by atoms with Gasteiger partial charge >= 0.3 is 18.0 Å². The number of urea groups is 1. The highest BCUT2D eigenvalue weighted by molar-refractivity contribution is 7.80. The Morgan fingerprint density at radius 1 is 0.757 bits per heavy atom. The van der Waals surface area contributed by atoms with E-state index in [9.17, 15) is 29.4 Å². The van der Waals surface area contributed by atoms with Crippen molar-refractivity contribution in [3.63, 3.8) is 0 Å². The van der Waals surface area contributed by atoms with Gasteiger partial charge in [-0.05, 0) is 90.4 Å². The third kappa shape index (κ3) is 12.3. The predicted octanol–water partition coefficient (Wildman–Crippen LogP) is 7.10. The van der Waals surface area contributed by atoms with Gasteiger partial charge in [-0.15, -0.1) is 5.10 Å². The molecule has 1 aliphatic carbocycles. The molecule has 0 bridgehead atoms. The second-order valence-electron chi connectivity index (χ2n) is 16.6. The van der Waals surface area contributed by atoms with Gasteiger partial charge in [0.05, 0.1) is 56.7 Å². The summed E-state index contributed by atoms with van der Waals surface area (Å²) < 4.78 is 36.6. The molecule has 23 heteroatoms. The number of carboxylic acids is 1. The Morgan fingerprint density at radius 2 is 1.51 bits per heavy atom. The Balaban J connectivity index is 0.607. The highest BCUT2D eigenvalue weighted by Gasteiger charge is 2.23. The molecule has 2 aliphatic rings. The van der Waals surface area contributed by atoms with Gasteiger partial charge in [0.1, 0.15) is 17.1 Å². The number of aromatic carboxylic acids is 1. The van der Waals surface area contributed by atoms with Crippen LogP contribution >= 0.6 is 12.2 Å². The van der Waals surface area contributed by atoms with Crippen molar-refractivity contribution in [3.05, 3.63) is 125 Å². The summed E-state index contributed by atoms with van der Waals surface area (Å²) in [5.41, 5.74) is 3.98. The van der Waals surface area contributed by atoms with Crippen molar-refractivity contribution in [2.75, 3.05) is 68.7 Å². The monoisotopic (exact) mass is 1020 g/mol. The molecule has 6 N–H and O–H groups in total. The van der Waals surface area contributed by atoms with Crippen LogP contribution in [0.25, 0.3) is 61.7 Å². The molecule has 0 unspecified atom stereocenters. The molecule has 2 amide bonds. The number of aromatic hydroxyl groups is 1. The van der Waals surface area contributed by atoms with Crippen LogP contribution in [0.1, 0.15) is 28.8 Å². The number of thiocarbonyl (C=S) groups is 1. The number of nitrogens with zero attached hydrogens (tertiary/aromatic N) is 6. The third-order valence-electron chi connectivity index (χ3n) is 11.2. The number of nitrogens with one attached hydrogen (secondary N) is 4. The third-order valence-corrected chi connectivity index (χ3v) is 11.5. The average Bonchev–Trinajstić information content (AvgIpc) is 4.16. The summed E-state index contributed by atoms with van der Waals surface area (Å²) in [6, 6.07) is 23.4. The van der Waals surface area contributed by atoms with Crippen molar-refractivity contribution in [1.82, 2.24) is 34.7 Å². The number of carbonyl (C=O) groups excluding carboxylic acids is 2. The molecule has 74 heavy (non-hydrogen) atoms. The number of fused-ring (bicyclic) bond motifs is 5. The van der Waals surface area contributed by atoms with E-state index in [0.717, 1.165) is 0 Å². The van der Waals surface area contributed by atoms with Crippen LogP contribution in [0.3, 0.4) is 0 Å². The van der Waals surface area contributed by atoms with Crippen LogP contribution in [0.15, 0.2) is 117 Å². The molecular formula is C51H48N10O12S. The number of ether oxygens (including phenoxy) is 4. The van der Waals surface area contributed by atoms with Crippen molar-refractivity contribution in [2.45, 2.75) is 19.3 Å². The summed E-state index contributed by atoms with van der Waals surface area (Å²) in [5, 5.41) is 42.3. The first-order valence-corrected chi connectivity index (χ1v) is 23.7. The molecule has 0 saturated carbocycles. The first-order valence-electron chi connectivity index (χ1n) is 23.3. The number of phenolic OH excluding ortho intramolecular Hbond substituents is 1. The lowest BCUT2D eigenvalue weighted by atomic mass is 9.90. The number of rotatable bonds is 22. The molecule has 0 radical (unpaired) electrons. The van der Waals surface area contributed by atoms with Gasteiger partial charge < -0.3 is 53.9 Å². The van der Waals surface area contributed by atoms with Crippen LogP contribution in [-0.2, 0) is 37.2 Å². The first-order chi connectivity index (χ1) is 35.9. The molecule has 7 aromatic rings. The van der Waals surface area contributed by atoms with Gasteiger partial charge in [0.15, 0.2) is 27.6 Å². The van der Waals surface area contributed by atoms with Crippen LogP contribution in [0, 0.1) is 0 Å². The Morgan fingerprint density at radius 3 is 2.28 bits per heavy atom. The predicted molar refractivity (Wildman–Crippen MR) is 276 cm³/mol. The number of aryl methyl sites for hydroxylation is 1. The summed E-state index contributed by atoms with van der Waals surface area (Å²) in [6.07, 6.45) is 4.50. The van der Waals surface area contributed by atoms with E-state index in [1.807, 2.05) is 0 Å². The number of furan rings is 1. The zero-order chi connectivity index (χ0) is 51.6. The van der Waals surface area contributed by atoms with Crippen molar-refractivity contribution in [2.24, 2.45) is 7.05 Å². The second-order valence-corrected chi connectivity index (χ2v) is 17.0. The summed E-state index contributed by atoms with van der Waals surface area (Å²) in [7, 11) is 1.76. The van der Waals surface area contributed by atoms with Gasteiger partial charge in [-0.2, -0.15) is 14.6 Å².